The Labute approximate surface area is 158 Å². The number of esters is 1. The summed E-state index contributed by atoms with van der Waals surface area (Å²) >= 11 is 0. The van der Waals surface area contributed by atoms with E-state index in [-0.39, 0.29) is 18.2 Å². The summed E-state index contributed by atoms with van der Waals surface area (Å²) in [6, 6.07) is 0. The highest BCUT2D eigenvalue weighted by Gasteiger charge is 2.59. The topological polar surface area (TPSA) is 46.5 Å². The number of aliphatic hydroxyl groups is 1. The average Bonchev–Trinajstić information content (AvgIpc) is 2.92. The van der Waals surface area contributed by atoms with Crippen LogP contribution in [0.3, 0.4) is 0 Å². The SMILES string of the molecule is CC(=O)OC(C)[C@H]1CCC2C3CCC4=C[C@@H](O)CC[C@]4(C)C3CC[C@@]21C. The van der Waals surface area contributed by atoms with Gasteiger partial charge >= 0.3 is 5.97 Å². The van der Waals surface area contributed by atoms with Gasteiger partial charge in [-0.15, -0.1) is 0 Å². The van der Waals surface area contributed by atoms with Crippen molar-refractivity contribution in [1.82, 2.24) is 0 Å². The number of rotatable bonds is 2. The van der Waals surface area contributed by atoms with Crippen molar-refractivity contribution in [3.8, 4) is 0 Å². The molecule has 0 saturated heterocycles. The molecule has 146 valence electrons. The van der Waals surface area contributed by atoms with Crippen molar-refractivity contribution < 1.29 is 14.6 Å². The Morgan fingerprint density at radius 1 is 1.15 bits per heavy atom. The third-order valence-corrected chi connectivity index (χ3v) is 9.08. The molecule has 4 aliphatic carbocycles. The third-order valence-electron chi connectivity index (χ3n) is 9.08. The normalized spacial score (nSPS) is 48.7. The maximum atomic E-state index is 11.5. The van der Waals surface area contributed by atoms with Crippen molar-refractivity contribution >= 4 is 5.97 Å². The predicted octanol–water partition coefficient (Wildman–Crippen LogP) is 4.88. The van der Waals surface area contributed by atoms with Crippen LogP contribution in [0.5, 0.6) is 0 Å². The second kappa shape index (κ2) is 6.36. The minimum atomic E-state index is -0.219. The Bertz CT molecular complexity index is 611. The second-order valence-corrected chi connectivity index (χ2v) is 10.2. The molecule has 4 aliphatic rings. The zero-order valence-electron chi connectivity index (χ0n) is 17.0. The summed E-state index contributed by atoms with van der Waals surface area (Å²) in [5, 5.41) is 10.1. The highest BCUT2D eigenvalue weighted by Crippen LogP contribution is 2.67. The minimum absolute atomic E-state index is 0.0403. The van der Waals surface area contributed by atoms with E-state index in [1.54, 1.807) is 5.57 Å². The second-order valence-electron chi connectivity index (χ2n) is 10.2. The van der Waals surface area contributed by atoms with Crippen LogP contribution in [0.2, 0.25) is 0 Å². The molecule has 4 unspecified atom stereocenters. The van der Waals surface area contributed by atoms with Crippen LogP contribution in [0, 0.1) is 34.5 Å². The Balaban J connectivity index is 1.58. The zero-order chi connectivity index (χ0) is 18.7. The van der Waals surface area contributed by atoms with Gasteiger partial charge in [0, 0.05) is 12.8 Å². The molecule has 0 spiro atoms. The van der Waals surface area contributed by atoms with E-state index in [0.29, 0.717) is 16.7 Å². The van der Waals surface area contributed by atoms with Gasteiger partial charge in [-0.2, -0.15) is 0 Å². The van der Waals surface area contributed by atoms with Gasteiger partial charge in [-0.05, 0) is 86.9 Å². The molecule has 0 aromatic carbocycles. The molecular weight excluding hydrogens is 324 g/mol. The van der Waals surface area contributed by atoms with E-state index in [1.807, 2.05) is 0 Å². The number of aliphatic hydroxyl groups excluding tert-OH is 1. The Hall–Kier alpha value is -0.830. The van der Waals surface area contributed by atoms with Crippen molar-refractivity contribution in [2.24, 2.45) is 34.5 Å². The van der Waals surface area contributed by atoms with Crippen LogP contribution in [-0.2, 0) is 9.53 Å². The highest BCUT2D eigenvalue weighted by atomic mass is 16.5. The summed E-state index contributed by atoms with van der Waals surface area (Å²) in [6.45, 7) is 8.62. The monoisotopic (exact) mass is 360 g/mol. The fourth-order valence-corrected chi connectivity index (χ4v) is 7.87. The first-order valence-corrected chi connectivity index (χ1v) is 10.8. The molecule has 4 rings (SSSR count). The molecule has 0 amide bonds. The summed E-state index contributed by atoms with van der Waals surface area (Å²) < 4.78 is 5.63. The van der Waals surface area contributed by atoms with Gasteiger partial charge in [0.25, 0.3) is 0 Å². The molecule has 0 aromatic rings. The van der Waals surface area contributed by atoms with Crippen LogP contribution in [0.4, 0.5) is 0 Å². The van der Waals surface area contributed by atoms with Crippen LogP contribution in [0.15, 0.2) is 11.6 Å². The molecule has 8 atom stereocenters. The van der Waals surface area contributed by atoms with Crippen LogP contribution < -0.4 is 0 Å². The van der Waals surface area contributed by atoms with Gasteiger partial charge in [0.1, 0.15) is 6.10 Å². The van der Waals surface area contributed by atoms with Gasteiger partial charge in [0.05, 0.1) is 6.10 Å². The number of carbonyl (C=O) groups is 1. The molecular formula is C23H36O3. The smallest absolute Gasteiger partial charge is 0.302 e. The highest BCUT2D eigenvalue weighted by molar-refractivity contribution is 5.66. The average molecular weight is 361 g/mol. The van der Waals surface area contributed by atoms with Gasteiger partial charge in [0.2, 0.25) is 0 Å². The number of hydrogen-bond acceptors (Lipinski definition) is 3. The molecule has 0 heterocycles. The summed E-state index contributed by atoms with van der Waals surface area (Å²) in [5.41, 5.74) is 2.18. The number of fused-ring (bicyclic) bond motifs is 5. The maximum absolute atomic E-state index is 11.5. The van der Waals surface area contributed by atoms with Crippen LogP contribution in [0.1, 0.15) is 79.1 Å². The quantitative estimate of drug-likeness (QED) is 0.564. The Morgan fingerprint density at radius 2 is 1.92 bits per heavy atom. The van der Waals surface area contributed by atoms with Crippen LogP contribution >= 0.6 is 0 Å². The molecule has 3 saturated carbocycles. The molecule has 0 aromatic heterocycles. The lowest BCUT2D eigenvalue weighted by Gasteiger charge is -2.58. The largest absolute Gasteiger partial charge is 0.463 e. The molecule has 1 N–H and O–H groups in total. The van der Waals surface area contributed by atoms with Gasteiger partial charge in [-0.1, -0.05) is 25.5 Å². The van der Waals surface area contributed by atoms with Crippen molar-refractivity contribution in [2.45, 2.75) is 91.3 Å². The molecule has 0 radical (unpaired) electrons. The predicted molar refractivity (Wildman–Crippen MR) is 102 cm³/mol. The summed E-state index contributed by atoms with van der Waals surface area (Å²) in [6.07, 6.45) is 11.6. The molecule has 26 heavy (non-hydrogen) atoms. The van der Waals surface area contributed by atoms with Gasteiger partial charge in [-0.3, -0.25) is 4.79 Å². The summed E-state index contributed by atoms with van der Waals surface area (Å²) in [7, 11) is 0. The van der Waals surface area contributed by atoms with E-state index < -0.39 is 0 Å². The lowest BCUT2D eigenvalue weighted by atomic mass is 9.46. The van der Waals surface area contributed by atoms with Crippen molar-refractivity contribution in [3.05, 3.63) is 11.6 Å². The first-order chi connectivity index (χ1) is 12.3. The Morgan fingerprint density at radius 3 is 2.65 bits per heavy atom. The number of allylic oxidation sites excluding steroid dienone is 1. The van der Waals surface area contributed by atoms with Gasteiger partial charge in [0.15, 0.2) is 0 Å². The zero-order valence-corrected chi connectivity index (χ0v) is 17.0. The van der Waals surface area contributed by atoms with E-state index >= 15 is 0 Å². The van der Waals surface area contributed by atoms with E-state index in [1.165, 1.54) is 45.4 Å². The van der Waals surface area contributed by atoms with Crippen LogP contribution in [-0.4, -0.2) is 23.3 Å². The molecule has 0 aliphatic heterocycles. The van der Waals surface area contributed by atoms with E-state index in [4.69, 9.17) is 4.74 Å². The number of hydrogen-bond donors (Lipinski definition) is 1. The Kier molecular flexibility index (Phi) is 4.53. The number of carbonyl (C=O) groups excluding carboxylic acids is 1. The summed E-state index contributed by atoms with van der Waals surface area (Å²) in [5.74, 6) is 2.72. The van der Waals surface area contributed by atoms with Crippen molar-refractivity contribution in [3.63, 3.8) is 0 Å². The van der Waals surface area contributed by atoms with E-state index in [9.17, 15) is 9.90 Å². The molecule has 3 heteroatoms. The molecule has 0 bridgehead atoms. The summed E-state index contributed by atoms with van der Waals surface area (Å²) in [4.78, 5) is 11.5. The fourth-order valence-electron chi connectivity index (χ4n) is 7.87. The fraction of sp³-hybridized carbons (Fsp3) is 0.870. The number of ether oxygens (including phenoxy) is 1. The van der Waals surface area contributed by atoms with Crippen molar-refractivity contribution in [1.29, 1.82) is 0 Å². The van der Waals surface area contributed by atoms with Gasteiger partial charge < -0.3 is 9.84 Å². The van der Waals surface area contributed by atoms with Crippen LogP contribution in [0.25, 0.3) is 0 Å². The third kappa shape index (κ3) is 2.68. The van der Waals surface area contributed by atoms with E-state index in [2.05, 4.69) is 26.8 Å². The standard InChI is InChI=1S/C23H36O3/c1-14(26-15(2)24)19-7-8-20-18-6-5-16-13-17(25)9-11-22(16,3)21(18)10-12-23(19,20)4/h13-14,17-21,25H,5-12H2,1-4H3/t14?,17-,18?,19+,20?,21?,22-,23+/m0/s1. The lowest BCUT2D eigenvalue weighted by molar-refractivity contribution is -0.152. The first-order valence-electron chi connectivity index (χ1n) is 10.8. The van der Waals surface area contributed by atoms with Crippen molar-refractivity contribution in [2.75, 3.05) is 0 Å². The van der Waals surface area contributed by atoms with E-state index in [0.717, 1.165) is 30.6 Å². The first kappa shape index (κ1) is 18.5. The maximum Gasteiger partial charge on any atom is 0.302 e. The molecule has 3 fully saturated rings. The minimum Gasteiger partial charge on any atom is -0.463 e. The van der Waals surface area contributed by atoms with Gasteiger partial charge in [-0.25, -0.2) is 0 Å². The lowest BCUT2D eigenvalue weighted by Crippen LogP contribution is -2.51. The molecule has 3 nitrogen and oxygen atoms in total.